The molecular weight excluding hydrogens is 242 g/mol. The van der Waals surface area contributed by atoms with Gasteiger partial charge in [-0.3, -0.25) is 9.78 Å². The Hall–Kier alpha value is -1.46. The number of rotatable bonds is 8. The van der Waals surface area contributed by atoms with Crippen molar-refractivity contribution >= 4 is 5.97 Å². The molecule has 1 atom stereocenters. The fraction of sp³-hybridized carbons (Fsp3) is 0.571. The summed E-state index contributed by atoms with van der Waals surface area (Å²) in [6.07, 6.45) is 2.67. The standard InChI is InChI=1S/C14H23N3O2/c1-4-19-14(18)13(15-2)11-17(3)10-8-12-7-5-6-9-16-12/h5-7,9,13,15H,4,8,10-11H2,1-3H3. The summed E-state index contributed by atoms with van der Waals surface area (Å²) in [7, 11) is 3.76. The van der Waals surface area contributed by atoms with Gasteiger partial charge in [-0.25, -0.2) is 0 Å². The van der Waals surface area contributed by atoms with Crippen molar-refractivity contribution in [2.45, 2.75) is 19.4 Å². The molecular formula is C14H23N3O2. The molecule has 1 unspecified atom stereocenters. The summed E-state index contributed by atoms with van der Waals surface area (Å²) < 4.78 is 5.02. The number of carbonyl (C=O) groups is 1. The Morgan fingerprint density at radius 1 is 1.53 bits per heavy atom. The number of hydrogen-bond donors (Lipinski definition) is 1. The predicted octanol–water partition coefficient (Wildman–Crippen LogP) is 0.707. The second-order valence-electron chi connectivity index (χ2n) is 4.43. The SMILES string of the molecule is CCOC(=O)C(CN(C)CCc1ccccn1)NC. The maximum absolute atomic E-state index is 11.7. The van der Waals surface area contributed by atoms with E-state index in [1.165, 1.54) is 0 Å². The monoisotopic (exact) mass is 265 g/mol. The van der Waals surface area contributed by atoms with Crippen molar-refractivity contribution < 1.29 is 9.53 Å². The first-order chi connectivity index (χ1) is 9.17. The number of hydrogen-bond acceptors (Lipinski definition) is 5. The van der Waals surface area contributed by atoms with Crippen molar-refractivity contribution in [2.24, 2.45) is 0 Å². The van der Waals surface area contributed by atoms with Crippen molar-refractivity contribution in [1.82, 2.24) is 15.2 Å². The first-order valence-corrected chi connectivity index (χ1v) is 6.59. The summed E-state index contributed by atoms with van der Waals surface area (Å²) in [5, 5.41) is 2.98. The molecule has 0 aliphatic rings. The van der Waals surface area contributed by atoms with Crippen LogP contribution < -0.4 is 5.32 Å². The number of esters is 1. The van der Waals surface area contributed by atoms with Gasteiger partial charge in [-0.1, -0.05) is 6.07 Å². The van der Waals surface area contributed by atoms with E-state index in [0.717, 1.165) is 18.7 Å². The molecule has 0 spiro atoms. The zero-order valence-corrected chi connectivity index (χ0v) is 11.9. The maximum atomic E-state index is 11.7. The van der Waals surface area contributed by atoms with Crippen LogP contribution in [0.15, 0.2) is 24.4 Å². The molecule has 1 heterocycles. The van der Waals surface area contributed by atoms with E-state index in [0.29, 0.717) is 13.2 Å². The minimum absolute atomic E-state index is 0.199. The Morgan fingerprint density at radius 2 is 2.32 bits per heavy atom. The number of carbonyl (C=O) groups excluding carboxylic acids is 1. The smallest absolute Gasteiger partial charge is 0.324 e. The molecule has 1 N–H and O–H groups in total. The lowest BCUT2D eigenvalue weighted by molar-refractivity contribution is -0.145. The molecule has 1 rings (SSSR count). The Balaban J connectivity index is 2.36. The average Bonchev–Trinajstić information content (AvgIpc) is 2.44. The quantitative estimate of drug-likeness (QED) is 0.702. The van der Waals surface area contributed by atoms with Crippen LogP contribution in [0.25, 0.3) is 0 Å². The van der Waals surface area contributed by atoms with Gasteiger partial charge in [0, 0.05) is 31.4 Å². The number of nitrogens with zero attached hydrogens (tertiary/aromatic N) is 2. The van der Waals surface area contributed by atoms with E-state index < -0.39 is 0 Å². The van der Waals surface area contributed by atoms with Gasteiger partial charge >= 0.3 is 5.97 Å². The molecule has 0 aromatic carbocycles. The molecule has 106 valence electrons. The highest BCUT2D eigenvalue weighted by Crippen LogP contribution is 1.98. The highest BCUT2D eigenvalue weighted by Gasteiger charge is 2.19. The summed E-state index contributed by atoms with van der Waals surface area (Å²) in [6, 6.07) is 5.62. The average molecular weight is 265 g/mol. The van der Waals surface area contributed by atoms with Gasteiger partial charge in [0.2, 0.25) is 0 Å². The van der Waals surface area contributed by atoms with Gasteiger partial charge < -0.3 is 15.0 Å². The Bertz CT molecular complexity index is 370. The second-order valence-corrected chi connectivity index (χ2v) is 4.43. The van der Waals surface area contributed by atoms with E-state index in [-0.39, 0.29) is 12.0 Å². The lowest BCUT2D eigenvalue weighted by atomic mass is 10.2. The molecule has 0 aliphatic heterocycles. The zero-order valence-electron chi connectivity index (χ0n) is 11.9. The van der Waals surface area contributed by atoms with Gasteiger partial charge in [0.15, 0.2) is 0 Å². The summed E-state index contributed by atoms with van der Waals surface area (Å²) in [6.45, 7) is 3.71. The fourth-order valence-corrected chi connectivity index (χ4v) is 1.78. The highest BCUT2D eigenvalue weighted by atomic mass is 16.5. The Morgan fingerprint density at radius 3 is 2.89 bits per heavy atom. The lowest BCUT2D eigenvalue weighted by Gasteiger charge is -2.22. The zero-order chi connectivity index (χ0) is 14.1. The molecule has 0 saturated carbocycles. The summed E-state index contributed by atoms with van der Waals surface area (Å²) in [5.74, 6) is -0.199. The first-order valence-electron chi connectivity index (χ1n) is 6.59. The molecule has 0 saturated heterocycles. The number of ether oxygens (including phenoxy) is 1. The third-order valence-electron chi connectivity index (χ3n) is 2.89. The third kappa shape index (κ3) is 5.81. The van der Waals surface area contributed by atoms with Crippen LogP contribution in [0, 0.1) is 0 Å². The molecule has 5 heteroatoms. The molecule has 0 bridgehead atoms. The van der Waals surface area contributed by atoms with Crippen LogP contribution in [0.2, 0.25) is 0 Å². The summed E-state index contributed by atoms with van der Waals surface area (Å²) in [4.78, 5) is 18.0. The van der Waals surface area contributed by atoms with E-state index in [1.807, 2.05) is 32.2 Å². The molecule has 19 heavy (non-hydrogen) atoms. The maximum Gasteiger partial charge on any atom is 0.324 e. The van der Waals surface area contributed by atoms with Crippen LogP contribution in [-0.2, 0) is 16.0 Å². The topological polar surface area (TPSA) is 54.5 Å². The van der Waals surface area contributed by atoms with Gasteiger partial charge in [-0.2, -0.15) is 0 Å². The molecule has 1 aromatic heterocycles. The van der Waals surface area contributed by atoms with Crippen LogP contribution in [0.3, 0.4) is 0 Å². The van der Waals surface area contributed by atoms with Crippen molar-refractivity contribution in [1.29, 1.82) is 0 Å². The summed E-state index contributed by atoms with van der Waals surface area (Å²) in [5.41, 5.74) is 1.06. The highest BCUT2D eigenvalue weighted by molar-refractivity contribution is 5.76. The minimum Gasteiger partial charge on any atom is -0.465 e. The van der Waals surface area contributed by atoms with E-state index >= 15 is 0 Å². The van der Waals surface area contributed by atoms with E-state index in [4.69, 9.17) is 4.74 Å². The molecule has 1 aromatic rings. The minimum atomic E-state index is -0.284. The fourth-order valence-electron chi connectivity index (χ4n) is 1.78. The van der Waals surface area contributed by atoms with E-state index in [2.05, 4.69) is 15.2 Å². The van der Waals surface area contributed by atoms with E-state index in [1.54, 1.807) is 13.2 Å². The van der Waals surface area contributed by atoms with Crippen molar-refractivity contribution in [3.8, 4) is 0 Å². The van der Waals surface area contributed by atoms with Crippen LogP contribution in [0.4, 0.5) is 0 Å². The second kappa shape index (κ2) is 8.61. The lowest BCUT2D eigenvalue weighted by Crippen LogP contribution is -2.44. The van der Waals surface area contributed by atoms with Crippen LogP contribution >= 0.6 is 0 Å². The van der Waals surface area contributed by atoms with Crippen molar-refractivity contribution in [3.05, 3.63) is 30.1 Å². The van der Waals surface area contributed by atoms with E-state index in [9.17, 15) is 4.79 Å². The van der Waals surface area contributed by atoms with Crippen LogP contribution in [-0.4, -0.2) is 55.7 Å². The molecule has 0 fully saturated rings. The van der Waals surface area contributed by atoms with Gasteiger partial charge in [0.25, 0.3) is 0 Å². The Labute approximate surface area is 115 Å². The van der Waals surface area contributed by atoms with Crippen LogP contribution in [0.1, 0.15) is 12.6 Å². The van der Waals surface area contributed by atoms with Gasteiger partial charge in [0.1, 0.15) is 6.04 Å². The largest absolute Gasteiger partial charge is 0.465 e. The van der Waals surface area contributed by atoms with Gasteiger partial charge in [0.05, 0.1) is 6.61 Å². The molecule has 0 aliphatic carbocycles. The Kier molecular flexibility index (Phi) is 7.07. The molecule has 0 amide bonds. The third-order valence-corrected chi connectivity index (χ3v) is 2.89. The van der Waals surface area contributed by atoms with Crippen molar-refractivity contribution in [3.63, 3.8) is 0 Å². The number of pyridine rings is 1. The molecule has 0 radical (unpaired) electrons. The van der Waals surface area contributed by atoms with Crippen LogP contribution in [0.5, 0.6) is 0 Å². The number of likely N-dealkylation sites (N-methyl/N-ethyl adjacent to an activating group) is 2. The van der Waals surface area contributed by atoms with Crippen molar-refractivity contribution in [2.75, 3.05) is 33.8 Å². The predicted molar refractivity (Wildman–Crippen MR) is 74.9 cm³/mol. The first kappa shape index (κ1) is 15.6. The van der Waals surface area contributed by atoms with Gasteiger partial charge in [-0.05, 0) is 33.2 Å². The summed E-state index contributed by atoms with van der Waals surface area (Å²) >= 11 is 0. The van der Waals surface area contributed by atoms with Gasteiger partial charge in [-0.15, -0.1) is 0 Å². The number of nitrogens with one attached hydrogen (secondary N) is 1. The normalized spacial score (nSPS) is 12.4. The molecule has 5 nitrogen and oxygen atoms in total. The number of aromatic nitrogens is 1.